The molecular formula is C22H24Cl2N4O3. The molecule has 2 aromatic rings. The van der Waals surface area contributed by atoms with E-state index < -0.39 is 0 Å². The normalized spacial score (nSPS) is 16.8. The summed E-state index contributed by atoms with van der Waals surface area (Å²) in [6.07, 6.45) is 0. The molecule has 0 atom stereocenters. The molecule has 4 rings (SSSR count). The minimum atomic E-state index is -0.145. The van der Waals surface area contributed by atoms with Crippen molar-refractivity contribution in [3.63, 3.8) is 0 Å². The molecule has 164 valence electrons. The molecule has 0 spiro atoms. The average Bonchev–Trinajstić information content (AvgIpc) is 3.15. The third-order valence-corrected chi connectivity index (χ3v) is 6.44. The summed E-state index contributed by atoms with van der Waals surface area (Å²) in [5.41, 5.74) is 1.79. The lowest BCUT2D eigenvalue weighted by Gasteiger charge is -2.36. The Hall–Kier alpha value is -2.64. The molecule has 31 heavy (non-hydrogen) atoms. The molecule has 2 saturated heterocycles. The van der Waals surface area contributed by atoms with Gasteiger partial charge in [-0.15, -0.1) is 0 Å². The number of carbonyl (C=O) groups excluding carboxylic acids is 2. The summed E-state index contributed by atoms with van der Waals surface area (Å²) in [7, 11) is 1.60. The van der Waals surface area contributed by atoms with Crippen LogP contribution in [-0.4, -0.2) is 74.7 Å². The average molecular weight is 463 g/mol. The van der Waals surface area contributed by atoms with Crippen molar-refractivity contribution in [1.29, 1.82) is 0 Å². The molecular weight excluding hydrogens is 439 g/mol. The first kappa shape index (κ1) is 21.6. The number of anilines is 2. The fourth-order valence-corrected chi connectivity index (χ4v) is 4.18. The first-order chi connectivity index (χ1) is 15.0. The van der Waals surface area contributed by atoms with Gasteiger partial charge in [-0.25, -0.2) is 4.79 Å². The second-order valence-corrected chi connectivity index (χ2v) is 8.33. The number of halogens is 2. The van der Waals surface area contributed by atoms with Gasteiger partial charge in [0.05, 0.1) is 17.2 Å². The molecule has 0 aliphatic carbocycles. The maximum atomic E-state index is 12.8. The standard InChI is InChI=1S/C22H24Cl2N4O3/c1-31-18-5-2-16(3-6-18)28-13-12-27(22(28)30)15-21(29)26-10-8-25(9-11-26)17-4-7-19(23)20(24)14-17/h2-7,14H,8-13,15H2,1H3. The lowest BCUT2D eigenvalue weighted by molar-refractivity contribution is -0.131. The zero-order chi connectivity index (χ0) is 22.0. The summed E-state index contributed by atoms with van der Waals surface area (Å²) in [6.45, 7) is 3.79. The molecule has 7 nitrogen and oxygen atoms in total. The number of hydrogen-bond acceptors (Lipinski definition) is 4. The van der Waals surface area contributed by atoms with Crippen molar-refractivity contribution in [3.8, 4) is 5.75 Å². The van der Waals surface area contributed by atoms with Gasteiger partial charge >= 0.3 is 6.03 Å². The molecule has 2 heterocycles. The lowest BCUT2D eigenvalue weighted by atomic mass is 10.2. The van der Waals surface area contributed by atoms with Gasteiger partial charge in [0.15, 0.2) is 0 Å². The van der Waals surface area contributed by atoms with E-state index in [1.54, 1.807) is 23.0 Å². The Bertz CT molecular complexity index is 962. The van der Waals surface area contributed by atoms with Crippen LogP contribution in [0.4, 0.5) is 16.2 Å². The third-order valence-electron chi connectivity index (χ3n) is 5.71. The zero-order valence-corrected chi connectivity index (χ0v) is 18.8. The van der Waals surface area contributed by atoms with E-state index in [-0.39, 0.29) is 18.5 Å². The molecule has 0 bridgehead atoms. The minimum Gasteiger partial charge on any atom is -0.497 e. The molecule has 0 saturated carbocycles. The maximum Gasteiger partial charge on any atom is 0.325 e. The number of amides is 3. The fourth-order valence-electron chi connectivity index (χ4n) is 3.89. The largest absolute Gasteiger partial charge is 0.497 e. The summed E-state index contributed by atoms with van der Waals surface area (Å²) in [5.74, 6) is 0.709. The molecule has 0 aromatic heterocycles. The van der Waals surface area contributed by atoms with Crippen molar-refractivity contribution in [1.82, 2.24) is 9.80 Å². The SMILES string of the molecule is COc1ccc(N2CCN(CC(=O)N3CCN(c4ccc(Cl)c(Cl)c4)CC3)C2=O)cc1. The first-order valence-corrected chi connectivity index (χ1v) is 10.9. The van der Waals surface area contributed by atoms with Crippen molar-refractivity contribution < 1.29 is 14.3 Å². The van der Waals surface area contributed by atoms with Gasteiger partial charge in [-0.3, -0.25) is 9.69 Å². The molecule has 3 amide bonds. The Balaban J connectivity index is 1.30. The van der Waals surface area contributed by atoms with E-state index >= 15 is 0 Å². The minimum absolute atomic E-state index is 0.0290. The molecule has 2 fully saturated rings. The third kappa shape index (κ3) is 4.67. The highest BCUT2D eigenvalue weighted by Gasteiger charge is 2.32. The van der Waals surface area contributed by atoms with Gasteiger partial charge in [0.1, 0.15) is 12.3 Å². The number of hydrogen-bond donors (Lipinski definition) is 0. The van der Waals surface area contributed by atoms with E-state index in [4.69, 9.17) is 27.9 Å². The molecule has 2 aliphatic rings. The number of methoxy groups -OCH3 is 1. The highest BCUT2D eigenvalue weighted by molar-refractivity contribution is 6.42. The number of carbonyl (C=O) groups is 2. The number of nitrogens with zero attached hydrogens (tertiary/aromatic N) is 4. The van der Waals surface area contributed by atoms with Gasteiger partial charge in [0, 0.05) is 50.6 Å². The van der Waals surface area contributed by atoms with Crippen LogP contribution in [0.25, 0.3) is 0 Å². The molecule has 9 heteroatoms. The second kappa shape index (κ2) is 9.24. The first-order valence-electron chi connectivity index (χ1n) is 10.1. The number of urea groups is 1. The van der Waals surface area contributed by atoms with Gasteiger partial charge in [-0.05, 0) is 42.5 Å². The van der Waals surface area contributed by atoms with Gasteiger partial charge in [-0.1, -0.05) is 23.2 Å². The summed E-state index contributed by atoms with van der Waals surface area (Å²) in [4.78, 5) is 32.9. The number of piperazine rings is 1. The highest BCUT2D eigenvalue weighted by Crippen LogP contribution is 2.28. The molecule has 2 aromatic carbocycles. The molecule has 0 N–H and O–H groups in total. The van der Waals surface area contributed by atoms with Crippen LogP contribution in [0.1, 0.15) is 0 Å². The van der Waals surface area contributed by atoms with Gasteiger partial charge in [0.2, 0.25) is 5.91 Å². The number of benzene rings is 2. The zero-order valence-electron chi connectivity index (χ0n) is 17.3. The molecule has 0 unspecified atom stereocenters. The Morgan fingerprint density at radius 2 is 1.58 bits per heavy atom. The van der Waals surface area contributed by atoms with Crippen molar-refractivity contribution in [3.05, 3.63) is 52.5 Å². The number of ether oxygens (including phenoxy) is 1. The van der Waals surface area contributed by atoms with Crippen molar-refractivity contribution >= 4 is 46.5 Å². The predicted octanol–water partition coefficient (Wildman–Crippen LogP) is 3.59. The Labute approximate surface area is 191 Å². The topological polar surface area (TPSA) is 56.3 Å². The van der Waals surface area contributed by atoms with Crippen LogP contribution in [0.3, 0.4) is 0 Å². The van der Waals surface area contributed by atoms with Crippen molar-refractivity contribution in [2.75, 3.05) is 62.7 Å². The van der Waals surface area contributed by atoms with E-state index in [1.807, 2.05) is 41.3 Å². The molecule has 0 radical (unpaired) electrons. The van der Waals surface area contributed by atoms with Crippen LogP contribution in [0, 0.1) is 0 Å². The highest BCUT2D eigenvalue weighted by atomic mass is 35.5. The summed E-state index contributed by atoms with van der Waals surface area (Å²) in [5, 5.41) is 1.05. The van der Waals surface area contributed by atoms with Crippen LogP contribution >= 0.6 is 23.2 Å². The summed E-state index contributed by atoms with van der Waals surface area (Å²) < 4.78 is 5.17. The smallest absolute Gasteiger partial charge is 0.325 e. The van der Waals surface area contributed by atoms with Crippen molar-refractivity contribution in [2.45, 2.75) is 0 Å². The van der Waals surface area contributed by atoms with Crippen LogP contribution in [0.2, 0.25) is 10.0 Å². The van der Waals surface area contributed by atoms with Gasteiger partial charge < -0.3 is 19.4 Å². The Morgan fingerprint density at radius 1 is 0.903 bits per heavy atom. The fraction of sp³-hybridized carbons (Fsp3) is 0.364. The Kier molecular flexibility index (Phi) is 6.43. The second-order valence-electron chi connectivity index (χ2n) is 7.52. The van der Waals surface area contributed by atoms with Crippen LogP contribution in [0.15, 0.2) is 42.5 Å². The van der Waals surface area contributed by atoms with Crippen molar-refractivity contribution in [2.24, 2.45) is 0 Å². The summed E-state index contributed by atoms with van der Waals surface area (Å²) >= 11 is 12.1. The lowest BCUT2D eigenvalue weighted by Crippen LogP contribution is -2.51. The van der Waals surface area contributed by atoms with Crippen LogP contribution in [-0.2, 0) is 4.79 Å². The quantitative estimate of drug-likeness (QED) is 0.680. The van der Waals surface area contributed by atoms with Gasteiger partial charge in [0.25, 0.3) is 0 Å². The van der Waals surface area contributed by atoms with E-state index in [1.165, 1.54) is 0 Å². The van der Waals surface area contributed by atoms with Crippen LogP contribution in [0.5, 0.6) is 5.75 Å². The number of rotatable bonds is 5. The van der Waals surface area contributed by atoms with E-state index in [0.29, 0.717) is 49.3 Å². The molecule has 2 aliphatic heterocycles. The van der Waals surface area contributed by atoms with E-state index in [0.717, 1.165) is 17.1 Å². The predicted molar refractivity (Wildman–Crippen MR) is 123 cm³/mol. The van der Waals surface area contributed by atoms with E-state index in [2.05, 4.69) is 4.90 Å². The van der Waals surface area contributed by atoms with Crippen LogP contribution < -0.4 is 14.5 Å². The maximum absolute atomic E-state index is 12.8. The van der Waals surface area contributed by atoms with Gasteiger partial charge in [-0.2, -0.15) is 0 Å². The van der Waals surface area contributed by atoms with E-state index in [9.17, 15) is 9.59 Å². The summed E-state index contributed by atoms with van der Waals surface area (Å²) in [6, 6.07) is 12.8. The monoisotopic (exact) mass is 462 g/mol. The Morgan fingerprint density at radius 3 is 2.23 bits per heavy atom.